The molecular formula is C15H28N2O. The van der Waals surface area contributed by atoms with Gasteiger partial charge in [-0.05, 0) is 31.6 Å². The summed E-state index contributed by atoms with van der Waals surface area (Å²) in [6, 6.07) is 1.99. The van der Waals surface area contributed by atoms with Gasteiger partial charge in [0.05, 0.1) is 12.2 Å². The molecule has 18 heavy (non-hydrogen) atoms. The normalized spacial score (nSPS) is 43.8. The minimum absolute atomic E-state index is 0.131. The Hall–Kier alpha value is -0.120. The van der Waals surface area contributed by atoms with Crippen molar-refractivity contribution in [3.8, 4) is 0 Å². The molecule has 3 heteroatoms. The van der Waals surface area contributed by atoms with Gasteiger partial charge >= 0.3 is 0 Å². The summed E-state index contributed by atoms with van der Waals surface area (Å²) in [5.74, 6) is 0.766. The number of ether oxygens (including phenoxy) is 1. The minimum Gasteiger partial charge on any atom is -0.372 e. The molecule has 3 nitrogen and oxygen atoms in total. The maximum atomic E-state index is 6.38. The monoisotopic (exact) mass is 252 g/mol. The lowest BCUT2D eigenvalue weighted by Crippen LogP contribution is -2.65. The van der Waals surface area contributed by atoms with Gasteiger partial charge in [-0.3, -0.25) is 0 Å². The van der Waals surface area contributed by atoms with Crippen LogP contribution < -0.4 is 10.6 Å². The first-order chi connectivity index (χ1) is 8.77. The molecule has 3 unspecified atom stereocenters. The van der Waals surface area contributed by atoms with E-state index in [9.17, 15) is 0 Å². The van der Waals surface area contributed by atoms with Gasteiger partial charge < -0.3 is 15.4 Å². The lowest BCUT2D eigenvalue weighted by atomic mass is 9.73. The SMILES string of the molecule is CCC(CC)C1NCCOC12CC1CCC(C2)N1. The van der Waals surface area contributed by atoms with Crippen molar-refractivity contribution < 1.29 is 4.74 Å². The van der Waals surface area contributed by atoms with E-state index in [2.05, 4.69) is 24.5 Å². The van der Waals surface area contributed by atoms with Crippen molar-refractivity contribution in [2.24, 2.45) is 5.92 Å². The van der Waals surface area contributed by atoms with Crippen molar-refractivity contribution in [1.82, 2.24) is 10.6 Å². The van der Waals surface area contributed by atoms with Crippen molar-refractivity contribution >= 4 is 0 Å². The number of morpholine rings is 1. The Bertz CT molecular complexity index is 278. The Morgan fingerprint density at radius 1 is 1.17 bits per heavy atom. The van der Waals surface area contributed by atoms with E-state index in [-0.39, 0.29) is 5.60 Å². The summed E-state index contributed by atoms with van der Waals surface area (Å²) >= 11 is 0. The summed E-state index contributed by atoms with van der Waals surface area (Å²) in [6.45, 7) is 6.59. The highest BCUT2D eigenvalue weighted by Gasteiger charge is 2.51. The van der Waals surface area contributed by atoms with Crippen LogP contribution >= 0.6 is 0 Å². The summed E-state index contributed by atoms with van der Waals surface area (Å²) in [5.41, 5.74) is 0.131. The van der Waals surface area contributed by atoms with Crippen LogP contribution in [0.1, 0.15) is 52.4 Å². The van der Waals surface area contributed by atoms with Crippen LogP contribution in [-0.2, 0) is 4.74 Å². The summed E-state index contributed by atoms with van der Waals surface area (Å²) in [7, 11) is 0. The van der Waals surface area contributed by atoms with Gasteiger partial charge in [0.1, 0.15) is 0 Å². The largest absolute Gasteiger partial charge is 0.372 e. The van der Waals surface area contributed by atoms with E-state index >= 15 is 0 Å². The van der Waals surface area contributed by atoms with Crippen LogP contribution in [0.5, 0.6) is 0 Å². The van der Waals surface area contributed by atoms with Crippen molar-refractivity contribution in [3.63, 3.8) is 0 Å². The van der Waals surface area contributed by atoms with E-state index in [4.69, 9.17) is 4.74 Å². The molecule has 0 saturated carbocycles. The van der Waals surface area contributed by atoms with Crippen molar-refractivity contribution in [2.45, 2.75) is 76.1 Å². The molecule has 3 rings (SSSR count). The molecule has 2 bridgehead atoms. The van der Waals surface area contributed by atoms with Gasteiger partial charge in [-0.1, -0.05) is 26.7 Å². The highest BCUT2D eigenvalue weighted by molar-refractivity contribution is 5.08. The first-order valence-electron chi connectivity index (χ1n) is 7.91. The molecule has 0 aromatic heterocycles. The molecule has 2 N–H and O–H groups in total. The molecule has 0 aliphatic carbocycles. The van der Waals surface area contributed by atoms with Crippen molar-refractivity contribution in [1.29, 1.82) is 0 Å². The third kappa shape index (κ3) is 2.10. The van der Waals surface area contributed by atoms with Crippen LogP contribution in [0.4, 0.5) is 0 Å². The highest BCUT2D eigenvalue weighted by atomic mass is 16.5. The van der Waals surface area contributed by atoms with E-state index in [1.807, 2.05) is 0 Å². The van der Waals surface area contributed by atoms with Crippen LogP contribution in [0.25, 0.3) is 0 Å². The lowest BCUT2D eigenvalue weighted by molar-refractivity contribution is -0.135. The fourth-order valence-electron chi connectivity index (χ4n) is 4.61. The molecule has 3 saturated heterocycles. The first kappa shape index (κ1) is 12.9. The van der Waals surface area contributed by atoms with Gasteiger partial charge in [0.25, 0.3) is 0 Å². The van der Waals surface area contributed by atoms with Gasteiger partial charge in [-0.25, -0.2) is 0 Å². The van der Waals surface area contributed by atoms with Gasteiger partial charge in [0.2, 0.25) is 0 Å². The zero-order valence-electron chi connectivity index (χ0n) is 11.9. The highest BCUT2D eigenvalue weighted by Crippen LogP contribution is 2.42. The molecule has 3 aliphatic rings. The molecule has 104 valence electrons. The zero-order valence-corrected chi connectivity index (χ0v) is 11.9. The molecule has 0 radical (unpaired) electrons. The number of piperidine rings is 1. The van der Waals surface area contributed by atoms with Gasteiger partial charge in [0.15, 0.2) is 0 Å². The predicted octanol–water partition coefficient (Wildman–Crippen LogP) is 2.06. The van der Waals surface area contributed by atoms with Crippen molar-refractivity contribution in [3.05, 3.63) is 0 Å². The standard InChI is InChI=1S/C15H28N2O/c1-3-11(4-2)14-15(18-8-7-16-14)9-12-5-6-13(10-15)17-12/h11-14,16-17H,3-10H2,1-2H3. The van der Waals surface area contributed by atoms with E-state index in [1.165, 1.54) is 38.5 Å². The minimum atomic E-state index is 0.131. The molecule has 0 aromatic rings. The van der Waals surface area contributed by atoms with Crippen LogP contribution in [0.3, 0.4) is 0 Å². The smallest absolute Gasteiger partial charge is 0.0867 e. The van der Waals surface area contributed by atoms with E-state index in [1.54, 1.807) is 0 Å². The molecular weight excluding hydrogens is 224 g/mol. The third-order valence-electron chi connectivity index (χ3n) is 5.46. The number of rotatable bonds is 3. The van der Waals surface area contributed by atoms with E-state index in [0.717, 1.165) is 19.1 Å². The number of hydrogen-bond acceptors (Lipinski definition) is 3. The van der Waals surface area contributed by atoms with Crippen molar-refractivity contribution in [2.75, 3.05) is 13.2 Å². The third-order valence-corrected chi connectivity index (χ3v) is 5.46. The Morgan fingerprint density at radius 2 is 1.83 bits per heavy atom. The molecule has 3 aliphatic heterocycles. The fourth-order valence-corrected chi connectivity index (χ4v) is 4.61. The Balaban J connectivity index is 1.82. The number of hydrogen-bond donors (Lipinski definition) is 2. The van der Waals surface area contributed by atoms with Crippen LogP contribution in [0.2, 0.25) is 0 Å². The molecule has 3 atom stereocenters. The van der Waals surface area contributed by atoms with E-state index < -0.39 is 0 Å². The predicted molar refractivity (Wildman–Crippen MR) is 73.7 cm³/mol. The summed E-state index contributed by atoms with van der Waals surface area (Å²) in [6.07, 6.45) is 7.68. The maximum Gasteiger partial charge on any atom is 0.0867 e. The van der Waals surface area contributed by atoms with Gasteiger partial charge in [-0.15, -0.1) is 0 Å². The molecule has 1 spiro atoms. The first-order valence-corrected chi connectivity index (χ1v) is 7.91. The average molecular weight is 252 g/mol. The number of nitrogens with one attached hydrogen (secondary N) is 2. The molecule has 3 fully saturated rings. The van der Waals surface area contributed by atoms with Gasteiger partial charge in [0, 0.05) is 24.7 Å². The summed E-state index contributed by atoms with van der Waals surface area (Å²) in [5, 5.41) is 7.55. The Labute approximate surface area is 111 Å². The van der Waals surface area contributed by atoms with Crippen LogP contribution in [-0.4, -0.2) is 36.9 Å². The quantitative estimate of drug-likeness (QED) is 0.806. The van der Waals surface area contributed by atoms with Crippen LogP contribution in [0, 0.1) is 5.92 Å². The lowest BCUT2D eigenvalue weighted by Gasteiger charge is -2.51. The molecule has 0 aromatic carbocycles. The Kier molecular flexibility index (Phi) is 3.65. The molecule has 0 amide bonds. The Morgan fingerprint density at radius 3 is 2.44 bits per heavy atom. The molecule has 3 heterocycles. The summed E-state index contributed by atoms with van der Waals surface area (Å²) in [4.78, 5) is 0. The summed E-state index contributed by atoms with van der Waals surface area (Å²) < 4.78 is 6.38. The second kappa shape index (κ2) is 5.10. The van der Waals surface area contributed by atoms with Crippen LogP contribution in [0.15, 0.2) is 0 Å². The topological polar surface area (TPSA) is 33.3 Å². The maximum absolute atomic E-state index is 6.38. The van der Waals surface area contributed by atoms with E-state index in [0.29, 0.717) is 18.1 Å². The second-order valence-electron chi connectivity index (χ2n) is 6.47. The zero-order chi connectivity index (χ0) is 12.6. The number of fused-ring (bicyclic) bond motifs is 2. The second-order valence-corrected chi connectivity index (χ2v) is 6.47. The van der Waals surface area contributed by atoms with Gasteiger partial charge in [-0.2, -0.15) is 0 Å². The fraction of sp³-hybridized carbons (Fsp3) is 1.00. The average Bonchev–Trinajstić information content (AvgIpc) is 2.73.